The smallest absolute Gasteiger partial charge is 0.241 e. The van der Waals surface area contributed by atoms with E-state index in [4.69, 9.17) is 9.72 Å². The van der Waals surface area contributed by atoms with Crippen molar-refractivity contribution in [3.8, 4) is 11.3 Å². The summed E-state index contributed by atoms with van der Waals surface area (Å²) in [6.07, 6.45) is 6.02. The molecule has 1 saturated carbocycles. The van der Waals surface area contributed by atoms with Gasteiger partial charge >= 0.3 is 0 Å². The highest BCUT2D eigenvalue weighted by Crippen LogP contribution is 2.30. The third-order valence-electron chi connectivity index (χ3n) is 5.76. The molecule has 0 aromatic carbocycles. The average molecular weight is 391 g/mol. The Labute approximate surface area is 168 Å². The molecule has 0 saturated heterocycles. The molecule has 1 fully saturated rings. The number of hydrogen-bond donors (Lipinski definition) is 1. The lowest BCUT2D eigenvalue weighted by Gasteiger charge is -2.35. The number of nitrogens with zero attached hydrogens (tertiary/aromatic N) is 6. The number of rotatable bonds is 6. The Morgan fingerprint density at radius 2 is 2.07 bits per heavy atom. The topological polar surface area (TPSA) is 82.2 Å². The number of hydrogen-bond acceptors (Lipinski definition) is 6. The largest absolute Gasteiger partial charge is 0.384 e. The van der Waals surface area contributed by atoms with E-state index in [2.05, 4.69) is 31.9 Å². The minimum absolute atomic E-state index is 0.421. The first-order valence-corrected chi connectivity index (χ1v) is 10.1. The molecule has 0 atom stereocenters. The summed E-state index contributed by atoms with van der Waals surface area (Å²) < 4.78 is 9.21. The first kappa shape index (κ1) is 18.1. The first-order valence-electron chi connectivity index (χ1n) is 10.1. The number of methoxy groups -OCH3 is 1. The van der Waals surface area contributed by atoms with Crippen LogP contribution < -0.4 is 5.32 Å². The Kier molecular flexibility index (Phi) is 4.43. The predicted molar refractivity (Wildman–Crippen MR) is 112 cm³/mol. The van der Waals surface area contributed by atoms with E-state index in [1.54, 1.807) is 7.11 Å². The number of imidazole rings is 1. The number of nitrogens with one attached hydrogen (secondary N) is 1. The number of aryl methyl sites for hydroxylation is 2. The molecule has 29 heavy (non-hydrogen) atoms. The second-order valence-corrected chi connectivity index (χ2v) is 7.72. The SMILES string of the molecule is CCn1c(C)nc2ccc(-c3ccn4nc(NC5CC(COC)C5)ncc34)nc21. The van der Waals surface area contributed by atoms with Crippen molar-refractivity contribution in [1.29, 1.82) is 0 Å². The Morgan fingerprint density at radius 3 is 2.86 bits per heavy atom. The molecule has 1 N–H and O–H groups in total. The summed E-state index contributed by atoms with van der Waals surface area (Å²) in [4.78, 5) is 14.0. The molecular weight excluding hydrogens is 366 g/mol. The third-order valence-corrected chi connectivity index (χ3v) is 5.76. The summed E-state index contributed by atoms with van der Waals surface area (Å²) in [6, 6.07) is 6.51. The fraction of sp³-hybridized carbons (Fsp3) is 0.429. The molecule has 0 spiro atoms. The van der Waals surface area contributed by atoms with E-state index < -0.39 is 0 Å². The van der Waals surface area contributed by atoms with Crippen LogP contribution in [-0.4, -0.2) is 48.9 Å². The Hall–Kier alpha value is -3.00. The van der Waals surface area contributed by atoms with Crippen molar-refractivity contribution in [1.82, 2.24) is 29.1 Å². The van der Waals surface area contributed by atoms with Gasteiger partial charge in [0.1, 0.15) is 11.3 Å². The standard InChI is InChI=1S/C21H25N7O/c1-4-27-13(2)23-18-6-5-17(25-20(18)27)16-7-8-28-19(16)11-22-21(26-28)24-15-9-14(10-15)12-29-3/h5-8,11,14-15H,4,9-10,12H2,1-3H3,(H,24,26). The van der Waals surface area contributed by atoms with Gasteiger partial charge in [-0.25, -0.2) is 19.5 Å². The maximum atomic E-state index is 5.21. The second-order valence-electron chi connectivity index (χ2n) is 7.72. The molecule has 0 amide bonds. The molecule has 0 bridgehead atoms. The second kappa shape index (κ2) is 7.11. The van der Waals surface area contributed by atoms with E-state index in [-0.39, 0.29) is 0 Å². The van der Waals surface area contributed by atoms with E-state index in [9.17, 15) is 0 Å². The number of fused-ring (bicyclic) bond motifs is 2. The zero-order chi connectivity index (χ0) is 20.0. The van der Waals surface area contributed by atoms with Crippen LogP contribution in [0.5, 0.6) is 0 Å². The molecule has 150 valence electrons. The van der Waals surface area contributed by atoms with E-state index in [1.165, 1.54) is 0 Å². The van der Waals surface area contributed by atoms with E-state index in [1.807, 2.05) is 42.0 Å². The van der Waals surface area contributed by atoms with Gasteiger partial charge in [-0.05, 0) is 50.8 Å². The van der Waals surface area contributed by atoms with Crippen LogP contribution in [0.2, 0.25) is 0 Å². The van der Waals surface area contributed by atoms with Gasteiger partial charge in [0, 0.05) is 38.1 Å². The van der Waals surface area contributed by atoms with E-state index in [0.717, 1.165) is 59.8 Å². The maximum absolute atomic E-state index is 5.21. The molecule has 5 rings (SSSR count). The maximum Gasteiger partial charge on any atom is 0.241 e. The van der Waals surface area contributed by atoms with Crippen LogP contribution >= 0.6 is 0 Å². The van der Waals surface area contributed by atoms with Crippen LogP contribution in [0.1, 0.15) is 25.6 Å². The van der Waals surface area contributed by atoms with Crippen molar-refractivity contribution >= 4 is 22.6 Å². The van der Waals surface area contributed by atoms with Crippen molar-refractivity contribution in [2.75, 3.05) is 19.0 Å². The predicted octanol–water partition coefficient (Wildman–Crippen LogP) is 3.31. The normalized spacial score (nSPS) is 19.0. The molecule has 1 aliphatic carbocycles. The number of pyridine rings is 1. The molecule has 8 nitrogen and oxygen atoms in total. The number of anilines is 1. The van der Waals surface area contributed by atoms with Gasteiger partial charge in [0.15, 0.2) is 5.65 Å². The molecular formula is C21H25N7O. The lowest BCUT2D eigenvalue weighted by molar-refractivity contribution is 0.104. The average Bonchev–Trinajstić information content (AvgIpc) is 3.25. The lowest BCUT2D eigenvalue weighted by Crippen LogP contribution is -2.38. The van der Waals surface area contributed by atoms with Gasteiger partial charge in [0.2, 0.25) is 5.95 Å². The van der Waals surface area contributed by atoms with Gasteiger partial charge in [-0.15, -0.1) is 5.10 Å². The first-order chi connectivity index (χ1) is 14.2. The number of aromatic nitrogens is 6. The molecule has 4 heterocycles. The fourth-order valence-corrected chi connectivity index (χ4v) is 4.23. The molecule has 4 aromatic heterocycles. The summed E-state index contributed by atoms with van der Waals surface area (Å²) in [5.41, 5.74) is 4.69. The Bertz CT molecular complexity index is 1170. The van der Waals surface area contributed by atoms with Gasteiger partial charge in [0.05, 0.1) is 17.4 Å². The van der Waals surface area contributed by atoms with Crippen molar-refractivity contribution in [3.05, 3.63) is 36.4 Å². The zero-order valence-electron chi connectivity index (χ0n) is 17.0. The fourth-order valence-electron chi connectivity index (χ4n) is 4.23. The third kappa shape index (κ3) is 3.13. The van der Waals surface area contributed by atoms with Crippen molar-refractivity contribution in [3.63, 3.8) is 0 Å². The lowest BCUT2D eigenvalue weighted by atomic mass is 9.81. The summed E-state index contributed by atoms with van der Waals surface area (Å²) in [5, 5.41) is 8.06. The highest BCUT2D eigenvalue weighted by atomic mass is 16.5. The highest BCUT2D eigenvalue weighted by Gasteiger charge is 2.29. The van der Waals surface area contributed by atoms with Gasteiger partial charge in [0.25, 0.3) is 0 Å². The molecule has 0 aliphatic heterocycles. The van der Waals surface area contributed by atoms with Crippen LogP contribution in [0.3, 0.4) is 0 Å². The molecule has 4 aromatic rings. The van der Waals surface area contributed by atoms with Crippen molar-refractivity contribution in [2.45, 2.75) is 39.3 Å². The van der Waals surface area contributed by atoms with Crippen molar-refractivity contribution < 1.29 is 4.74 Å². The molecule has 0 radical (unpaired) electrons. The minimum Gasteiger partial charge on any atom is -0.384 e. The van der Waals surface area contributed by atoms with Gasteiger partial charge in [-0.3, -0.25) is 0 Å². The molecule has 1 aliphatic rings. The van der Waals surface area contributed by atoms with Crippen LogP contribution in [0.4, 0.5) is 5.95 Å². The quantitative estimate of drug-likeness (QED) is 0.543. The van der Waals surface area contributed by atoms with E-state index in [0.29, 0.717) is 17.9 Å². The molecule has 8 heteroatoms. The highest BCUT2D eigenvalue weighted by molar-refractivity contribution is 5.82. The zero-order valence-corrected chi connectivity index (χ0v) is 17.0. The van der Waals surface area contributed by atoms with E-state index >= 15 is 0 Å². The minimum atomic E-state index is 0.421. The van der Waals surface area contributed by atoms with Crippen LogP contribution in [0.15, 0.2) is 30.6 Å². The summed E-state index contributed by atoms with van der Waals surface area (Å²) in [5.74, 6) is 2.28. The summed E-state index contributed by atoms with van der Waals surface area (Å²) in [6.45, 7) is 5.80. The van der Waals surface area contributed by atoms with Gasteiger partial charge < -0.3 is 14.6 Å². The Balaban J connectivity index is 1.42. The Morgan fingerprint density at radius 1 is 1.21 bits per heavy atom. The monoisotopic (exact) mass is 391 g/mol. The molecule has 0 unspecified atom stereocenters. The van der Waals surface area contributed by atoms with Gasteiger partial charge in [-0.2, -0.15) is 0 Å². The van der Waals surface area contributed by atoms with Crippen LogP contribution in [-0.2, 0) is 11.3 Å². The summed E-state index contributed by atoms with van der Waals surface area (Å²) >= 11 is 0. The van der Waals surface area contributed by atoms with Crippen molar-refractivity contribution in [2.24, 2.45) is 5.92 Å². The van der Waals surface area contributed by atoms with Crippen LogP contribution in [0.25, 0.3) is 27.9 Å². The van der Waals surface area contributed by atoms with Crippen LogP contribution in [0, 0.1) is 12.8 Å². The van der Waals surface area contributed by atoms with Gasteiger partial charge in [-0.1, -0.05) is 0 Å². The summed E-state index contributed by atoms with van der Waals surface area (Å²) in [7, 11) is 1.76. The number of ether oxygens (including phenoxy) is 1.